The van der Waals surface area contributed by atoms with Crippen LogP contribution in [0.3, 0.4) is 0 Å². The van der Waals surface area contributed by atoms with E-state index in [1.165, 1.54) is 55.2 Å². The average Bonchev–Trinajstić information content (AvgIpc) is 2.88. The van der Waals surface area contributed by atoms with Crippen molar-refractivity contribution in [2.75, 3.05) is 14.1 Å². The molecule has 2 aromatic carbocycles. The lowest BCUT2D eigenvalue weighted by molar-refractivity contribution is -0.00518. The fourth-order valence-electron chi connectivity index (χ4n) is 7.41. The summed E-state index contributed by atoms with van der Waals surface area (Å²) in [7, 11) is 3.35. The minimum absolute atomic E-state index is 0.122. The number of carbonyl (C=O) groups is 1. The number of nitrogens with one attached hydrogen (secondary N) is 1. The molecule has 4 bridgehead atoms. The normalized spacial score (nSPS) is 25.7. The Morgan fingerprint density at radius 1 is 0.974 bits per heavy atom. The lowest BCUT2D eigenvalue weighted by atomic mass is 9.48. The third-order valence-electron chi connectivity index (χ3n) is 8.76. The Morgan fingerprint density at radius 2 is 1.55 bits per heavy atom. The number of hydrogen-bond donors (Lipinski definition) is 2. The molecule has 0 saturated heterocycles. The van der Waals surface area contributed by atoms with E-state index in [2.05, 4.69) is 22.1 Å². The molecule has 1 aromatic heterocycles. The molecule has 8 nitrogen and oxygen atoms in total. The number of aliphatic imine (C=N–C) groups is 1. The summed E-state index contributed by atoms with van der Waals surface area (Å²) in [5.74, 6) is 1.90. The van der Waals surface area contributed by atoms with Crippen LogP contribution in [-0.2, 0) is 5.41 Å². The van der Waals surface area contributed by atoms with Gasteiger partial charge in [-0.2, -0.15) is 0 Å². The smallest absolute Gasteiger partial charge is 0.335 e. The number of nitrogens with zero attached hydrogens (tertiary/aromatic N) is 3. The summed E-state index contributed by atoms with van der Waals surface area (Å²) in [6, 6.07) is 14.5. The van der Waals surface area contributed by atoms with Gasteiger partial charge in [0.2, 0.25) is 5.88 Å². The lowest BCUT2D eigenvalue weighted by Crippen LogP contribution is -2.48. The standard InChI is InChI=1S/C30H32N4O4/c1-33(2)27(36)21-3-7-23(8-4-21)31-17-25-26(35)32-29(38)34(28(25)37)24-9-5-22(6-10-24)30-14-18-11-19(15-30)13-20(12-18)16-30/h3-10,17-20,37H,11-16H2,1-2H3,(H,32,35,38). The minimum atomic E-state index is -0.725. The van der Waals surface area contributed by atoms with Gasteiger partial charge in [0.1, 0.15) is 5.56 Å². The summed E-state index contributed by atoms with van der Waals surface area (Å²) in [5, 5.41) is 11.0. The van der Waals surface area contributed by atoms with E-state index in [-0.39, 0.29) is 16.9 Å². The number of rotatable bonds is 5. The van der Waals surface area contributed by atoms with Crippen molar-refractivity contribution >= 4 is 17.8 Å². The first kappa shape index (κ1) is 24.4. The topological polar surface area (TPSA) is 108 Å². The first-order valence-electron chi connectivity index (χ1n) is 13.3. The third kappa shape index (κ3) is 4.18. The molecule has 38 heavy (non-hydrogen) atoms. The van der Waals surface area contributed by atoms with E-state index < -0.39 is 17.1 Å². The highest BCUT2D eigenvalue weighted by molar-refractivity contribution is 5.94. The maximum atomic E-state index is 12.7. The Morgan fingerprint density at radius 3 is 2.11 bits per heavy atom. The Hall–Kier alpha value is -3.94. The van der Waals surface area contributed by atoms with Crippen molar-refractivity contribution in [1.82, 2.24) is 14.5 Å². The summed E-state index contributed by atoms with van der Waals surface area (Å²) in [6.07, 6.45) is 9.09. The van der Waals surface area contributed by atoms with Gasteiger partial charge in [0.15, 0.2) is 0 Å². The molecule has 2 N–H and O–H groups in total. The minimum Gasteiger partial charge on any atom is -0.493 e. The highest BCUT2D eigenvalue weighted by atomic mass is 16.3. The van der Waals surface area contributed by atoms with E-state index in [1.807, 2.05) is 12.1 Å². The molecule has 4 fully saturated rings. The van der Waals surface area contributed by atoms with Crippen LogP contribution in [0.25, 0.3) is 5.69 Å². The monoisotopic (exact) mass is 512 g/mol. The second-order valence-electron chi connectivity index (χ2n) is 11.6. The SMILES string of the molecule is CN(C)C(=O)c1ccc(N=Cc2c(O)n(-c3ccc(C45CC6CC(CC(C6)C4)C5)cc3)c(=O)[nH]c2=O)cc1. The Labute approximate surface area is 220 Å². The second kappa shape index (κ2) is 9.11. The van der Waals surface area contributed by atoms with Crippen molar-refractivity contribution in [2.45, 2.75) is 43.9 Å². The largest absolute Gasteiger partial charge is 0.493 e. The number of amides is 1. The van der Waals surface area contributed by atoms with E-state index in [9.17, 15) is 19.5 Å². The van der Waals surface area contributed by atoms with Gasteiger partial charge >= 0.3 is 5.69 Å². The molecule has 0 aliphatic heterocycles. The van der Waals surface area contributed by atoms with Crippen LogP contribution in [0.2, 0.25) is 0 Å². The molecule has 4 aliphatic rings. The van der Waals surface area contributed by atoms with Gasteiger partial charge < -0.3 is 10.0 Å². The van der Waals surface area contributed by atoms with Gasteiger partial charge in [-0.3, -0.25) is 19.6 Å². The number of carbonyl (C=O) groups excluding carboxylic acids is 1. The zero-order valence-corrected chi connectivity index (χ0v) is 21.7. The molecule has 1 amide bonds. The maximum absolute atomic E-state index is 12.7. The van der Waals surface area contributed by atoms with Crippen molar-refractivity contribution < 1.29 is 9.90 Å². The van der Waals surface area contributed by atoms with Crippen LogP contribution in [0, 0.1) is 17.8 Å². The molecular formula is C30H32N4O4. The molecule has 7 rings (SSSR count). The second-order valence-corrected chi connectivity index (χ2v) is 11.6. The quantitative estimate of drug-likeness (QED) is 0.501. The van der Waals surface area contributed by atoms with Crippen molar-refractivity contribution in [3.8, 4) is 11.6 Å². The number of hydrogen-bond acceptors (Lipinski definition) is 5. The molecule has 0 atom stereocenters. The highest BCUT2D eigenvalue weighted by Crippen LogP contribution is 2.60. The molecule has 8 heteroatoms. The third-order valence-corrected chi connectivity index (χ3v) is 8.76. The van der Waals surface area contributed by atoms with Gasteiger partial charge in [-0.05, 0) is 104 Å². The summed E-state index contributed by atoms with van der Waals surface area (Å²) in [4.78, 5) is 45.4. The molecular weight excluding hydrogens is 480 g/mol. The molecule has 4 aliphatic carbocycles. The first-order valence-corrected chi connectivity index (χ1v) is 13.3. The Kier molecular flexibility index (Phi) is 5.85. The van der Waals surface area contributed by atoms with Crippen molar-refractivity contribution in [2.24, 2.45) is 22.7 Å². The Bertz CT molecular complexity index is 1500. The molecule has 0 unspecified atom stereocenters. The van der Waals surface area contributed by atoms with Crippen LogP contribution in [0.1, 0.15) is 60.0 Å². The molecule has 0 spiro atoms. The van der Waals surface area contributed by atoms with Crippen LogP contribution in [0.4, 0.5) is 5.69 Å². The van der Waals surface area contributed by atoms with Gasteiger partial charge in [-0.1, -0.05) is 12.1 Å². The highest BCUT2D eigenvalue weighted by Gasteiger charge is 2.51. The molecule has 4 saturated carbocycles. The number of H-pyrrole nitrogens is 1. The van der Waals surface area contributed by atoms with Gasteiger partial charge in [0.05, 0.1) is 11.4 Å². The number of aromatic amines is 1. The predicted molar refractivity (Wildman–Crippen MR) is 146 cm³/mol. The zero-order valence-electron chi connectivity index (χ0n) is 21.7. The predicted octanol–water partition coefficient (Wildman–Crippen LogP) is 4.15. The molecule has 1 heterocycles. The van der Waals surface area contributed by atoms with Crippen LogP contribution in [0.5, 0.6) is 5.88 Å². The van der Waals surface area contributed by atoms with E-state index in [4.69, 9.17) is 0 Å². The summed E-state index contributed by atoms with van der Waals surface area (Å²) >= 11 is 0. The van der Waals surface area contributed by atoms with E-state index in [0.717, 1.165) is 22.3 Å². The van der Waals surface area contributed by atoms with Crippen molar-refractivity contribution in [3.05, 3.63) is 86.1 Å². The van der Waals surface area contributed by atoms with E-state index in [0.29, 0.717) is 16.9 Å². The van der Waals surface area contributed by atoms with Crippen LogP contribution >= 0.6 is 0 Å². The number of aromatic hydroxyl groups is 1. The van der Waals surface area contributed by atoms with Gasteiger partial charge in [-0.25, -0.2) is 9.36 Å². The summed E-state index contributed by atoms with van der Waals surface area (Å²) in [5.41, 5.74) is 1.49. The lowest BCUT2D eigenvalue weighted by Gasteiger charge is -2.57. The molecule has 196 valence electrons. The van der Waals surface area contributed by atoms with Gasteiger partial charge in [-0.15, -0.1) is 0 Å². The van der Waals surface area contributed by atoms with Gasteiger partial charge in [0, 0.05) is 25.9 Å². The van der Waals surface area contributed by atoms with Crippen molar-refractivity contribution in [3.63, 3.8) is 0 Å². The van der Waals surface area contributed by atoms with Crippen LogP contribution < -0.4 is 11.2 Å². The van der Waals surface area contributed by atoms with E-state index in [1.54, 1.807) is 38.4 Å². The Balaban J connectivity index is 1.29. The average molecular weight is 513 g/mol. The first-order chi connectivity index (χ1) is 18.2. The number of benzene rings is 2. The molecule has 3 aromatic rings. The molecule has 0 radical (unpaired) electrons. The number of aromatic nitrogens is 2. The zero-order chi connectivity index (χ0) is 26.6. The maximum Gasteiger partial charge on any atom is 0.335 e. The summed E-state index contributed by atoms with van der Waals surface area (Å²) in [6.45, 7) is 0. The van der Waals surface area contributed by atoms with Crippen LogP contribution in [0.15, 0.2) is 63.1 Å². The fourth-order valence-corrected chi connectivity index (χ4v) is 7.41. The van der Waals surface area contributed by atoms with E-state index >= 15 is 0 Å². The summed E-state index contributed by atoms with van der Waals surface area (Å²) < 4.78 is 1.10. The van der Waals surface area contributed by atoms with Gasteiger partial charge in [0.25, 0.3) is 11.5 Å². The van der Waals surface area contributed by atoms with Crippen LogP contribution in [-0.4, -0.2) is 45.8 Å². The fraction of sp³-hybridized carbons (Fsp3) is 0.400. The van der Waals surface area contributed by atoms with Crippen molar-refractivity contribution in [1.29, 1.82) is 0 Å².